The smallest absolute Gasteiger partial charge is 0.112 e. The van der Waals surface area contributed by atoms with Crippen LogP contribution in [0.1, 0.15) is 5.76 Å². The molecule has 0 atom stereocenters. The fraction of sp³-hybridized carbons (Fsp3) is 0. The second-order valence-electron chi connectivity index (χ2n) is 2.25. The summed E-state index contributed by atoms with van der Waals surface area (Å²) in [4.78, 5) is 0. The van der Waals surface area contributed by atoms with Gasteiger partial charge in [0.15, 0.2) is 0 Å². The van der Waals surface area contributed by atoms with Gasteiger partial charge in [-0.3, -0.25) is 0 Å². The Morgan fingerprint density at radius 2 is 1.91 bits per heavy atom. The minimum atomic E-state index is 0. The van der Waals surface area contributed by atoms with Gasteiger partial charge >= 0.3 is 0 Å². The average molecular weight is 315 g/mol. The molecule has 0 fully saturated rings. The summed E-state index contributed by atoms with van der Waals surface area (Å²) in [7, 11) is 0. The monoisotopic (exact) mass is 315 g/mol. The molecule has 2 rings (SSSR count). The Morgan fingerprint density at radius 1 is 1.18 bits per heavy atom. The van der Waals surface area contributed by atoms with Crippen LogP contribution in [0.5, 0.6) is 0 Å². The van der Waals surface area contributed by atoms with Crippen LogP contribution in [0.4, 0.5) is 0 Å². The summed E-state index contributed by atoms with van der Waals surface area (Å²) in [6.45, 7) is 3.69. The SMILES string of the molecule is [CH2-]c1cc2ccccc2o1.[W]. The second kappa shape index (κ2) is 3.15. The molecule has 2 aromatic rings. The summed E-state index contributed by atoms with van der Waals surface area (Å²) in [6, 6.07) is 9.80. The molecule has 11 heavy (non-hydrogen) atoms. The van der Waals surface area contributed by atoms with E-state index in [1.165, 1.54) is 0 Å². The van der Waals surface area contributed by atoms with Crippen LogP contribution in [0.3, 0.4) is 0 Å². The Balaban J connectivity index is 0.000000605. The van der Waals surface area contributed by atoms with Crippen LogP contribution < -0.4 is 0 Å². The van der Waals surface area contributed by atoms with Gasteiger partial charge < -0.3 is 4.42 Å². The largest absolute Gasteiger partial charge is 0.496 e. The molecule has 56 valence electrons. The predicted molar refractivity (Wildman–Crippen MR) is 40.7 cm³/mol. The molecule has 0 bridgehead atoms. The van der Waals surface area contributed by atoms with E-state index in [-0.39, 0.29) is 21.1 Å². The van der Waals surface area contributed by atoms with Crippen LogP contribution in [-0.4, -0.2) is 0 Å². The Hall–Kier alpha value is -0.682. The van der Waals surface area contributed by atoms with E-state index >= 15 is 0 Å². The average Bonchev–Trinajstić information content (AvgIpc) is 2.27. The Labute approximate surface area is 79.7 Å². The number of hydrogen-bond donors (Lipinski definition) is 0. The predicted octanol–water partition coefficient (Wildman–Crippen LogP) is 2.61. The van der Waals surface area contributed by atoms with Crippen LogP contribution in [-0.2, 0) is 21.1 Å². The van der Waals surface area contributed by atoms with Gasteiger partial charge in [0.1, 0.15) is 5.58 Å². The molecule has 1 aromatic heterocycles. The van der Waals surface area contributed by atoms with Gasteiger partial charge in [-0.2, -0.15) is 6.07 Å². The van der Waals surface area contributed by atoms with E-state index in [4.69, 9.17) is 4.42 Å². The van der Waals surface area contributed by atoms with Gasteiger partial charge in [0.05, 0.1) is 0 Å². The Kier molecular flexibility index (Phi) is 2.41. The summed E-state index contributed by atoms with van der Waals surface area (Å²) in [5.74, 6) is 0.723. The third-order valence-electron chi connectivity index (χ3n) is 1.48. The minimum Gasteiger partial charge on any atom is -0.496 e. The molecule has 0 aliphatic rings. The first-order chi connectivity index (χ1) is 4.86. The maximum Gasteiger partial charge on any atom is 0.112 e. The molecular formula is C9H7OW-. The zero-order valence-corrected chi connectivity index (χ0v) is 8.84. The van der Waals surface area contributed by atoms with Crippen molar-refractivity contribution in [3.63, 3.8) is 0 Å². The third kappa shape index (κ3) is 1.49. The molecule has 0 amide bonds. The summed E-state index contributed by atoms with van der Waals surface area (Å²) in [5, 5.41) is 1.12. The van der Waals surface area contributed by atoms with Crippen LogP contribution in [0.15, 0.2) is 34.7 Å². The van der Waals surface area contributed by atoms with E-state index in [2.05, 4.69) is 6.92 Å². The van der Waals surface area contributed by atoms with Gasteiger partial charge in [-0.1, -0.05) is 23.6 Å². The summed E-state index contributed by atoms with van der Waals surface area (Å²) < 4.78 is 5.26. The maximum atomic E-state index is 5.26. The van der Waals surface area contributed by atoms with E-state index in [0.29, 0.717) is 0 Å². The van der Waals surface area contributed by atoms with Crippen molar-refractivity contribution in [2.45, 2.75) is 0 Å². The van der Waals surface area contributed by atoms with E-state index in [1.807, 2.05) is 30.3 Å². The molecule has 0 saturated carbocycles. The van der Waals surface area contributed by atoms with E-state index in [9.17, 15) is 0 Å². The number of rotatable bonds is 0. The van der Waals surface area contributed by atoms with Crippen molar-refractivity contribution in [1.29, 1.82) is 0 Å². The molecule has 0 spiro atoms. The number of para-hydroxylation sites is 1. The Morgan fingerprint density at radius 3 is 2.64 bits per heavy atom. The molecule has 1 aromatic carbocycles. The van der Waals surface area contributed by atoms with E-state index in [0.717, 1.165) is 16.7 Å². The van der Waals surface area contributed by atoms with Crippen molar-refractivity contribution in [2.24, 2.45) is 0 Å². The first-order valence-electron chi connectivity index (χ1n) is 3.17. The molecule has 0 radical (unpaired) electrons. The van der Waals surface area contributed by atoms with Crippen molar-refractivity contribution in [2.75, 3.05) is 0 Å². The van der Waals surface area contributed by atoms with Gasteiger partial charge in [-0.05, 0) is 11.8 Å². The molecule has 0 unspecified atom stereocenters. The fourth-order valence-electron chi connectivity index (χ4n) is 1.04. The fourth-order valence-corrected chi connectivity index (χ4v) is 1.04. The Bertz CT molecular complexity index is 318. The van der Waals surface area contributed by atoms with Gasteiger partial charge in [0, 0.05) is 21.1 Å². The van der Waals surface area contributed by atoms with Gasteiger partial charge in [0.25, 0.3) is 0 Å². The van der Waals surface area contributed by atoms with Crippen molar-refractivity contribution in [3.8, 4) is 0 Å². The van der Waals surface area contributed by atoms with Crippen molar-refractivity contribution in [1.82, 2.24) is 0 Å². The first-order valence-corrected chi connectivity index (χ1v) is 3.17. The van der Waals surface area contributed by atoms with E-state index < -0.39 is 0 Å². The number of fused-ring (bicyclic) bond motifs is 1. The number of hydrogen-bond acceptors (Lipinski definition) is 1. The standard InChI is InChI=1S/C9H7O.W/c1-7-6-8-4-2-3-5-9(8)10-7;/h2-6H,1H2;/q-1;. The number of benzene rings is 1. The normalized spacial score (nSPS) is 9.45. The topological polar surface area (TPSA) is 13.1 Å². The van der Waals surface area contributed by atoms with Crippen LogP contribution >= 0.6 is 0 Å². The molecular weight excluding hydrogens is 308 g/mol. The number of furan rings is 1. The van der Waals surface area contributed by atoms with Crippen molar-refractivity contribution < 1.29 is 25.5 Å². The van der Waals surface area contributed by atoms with Crippen LogP contribution in [0, 0.1) is 6.92 Å². The van der Waals surface area contributed by atoms with Crippen LogP contribution in [0.2, 0.25) is 0 Å². The summed E-state index contributed by atoms with van der Waals surface area (Å²) >= 11 is 0. The first kappa shape index (κ1) is 8.42. The van der Waals surface area contributed by atoms with Gasteiger partial charge in [0.2, 0.25) is 0 Å². The molecule has 0 aliphatic carbocycles. The van der Waals surface area contributed by atoms with Crippen molar-refractivity contribution in [3.05, 3.63) is 43.0 Å². The molecule has 2 heteroatoms. The molecule has 1 nitrogen and oxygen atoms in total. The minimum absolute atomic E-state index is 0. The summed E-state index contributed by atoms with van der Waals surface area (Å²) in [5.41, 5.74) is 0.910. The molecule has 0 aliphatic heterocycles. The zero-order chi connectivity index (χ0) is 6.97. The van der Waals surface area contributed by atoms with Gasteiger partial charge in [-0.15, -0.1) is 0 Å². The zero-order valence-electron chi connectivity index (χ0n) is 5.91. The summed E-state index contributed by atoms with van der Waals surface area (Å²) in [6.07, 6.45) is 0. The van der Waals surface area contributed by atoms with Crippen LogP contribution in [0.25, 0.3) is 11.0 Å². The third-order valence-corrected chi connectivity index (χ3v) is 1.48. The quantitative estimate of drug-likeness (QED) is 0.681. The molecule has 1 heterocycles. The molecule has 0 saturated heterocycles. The molecule has 0 N–H and O–H groups in total. The van der Waals surface area contributed by atoms with Crippen molar-refractivity contribution >= 4 is 11.0 Å². The maximum absolute atomic E-state index is 5.26. The second-order valence-corrected chi connectivity index (χ2v) is 2.25. The van der Waals surface area contributed by atoms with Gasteiger partial charge in [-0.25, -0.2) is 6.92 Å². The van der Waals surface area contributed by atoms with E-state index in [1.54, 1.807) is 0 Å².